The van der Waals surface area contributed by atoms with Crippen molar-refractivity contribution in [1.29, 1.82) is 0 Å². The molecule has 0 aliphatic heterocycles. The number of unbranched alkanes of at least 4 members (excludes halogenated alkanes) is 4. The van der Waals surface area contributed by atoms with Gasteiger partial charge in [-0.05, 0) is 43.0 Å². The van der Waals surface area contributed by atoms with E-state index in [0.717, 1.165) is 49.0 Å². The molecular formula is C24H36N2O2. The summed E-state index contributed by atoms with van der Waals surface area (Å²) in [5, 5.41) is 0. The molecule has 0 amide bonds. The van der Waals surface area contributed by atoms with Crippen molar-refractivity contribution in [3.8, 4) is 22.9 Å². The van der Waals surface area contributed by atoms with Gasteiger partial charge in [-0.1, -0.05) is 59.3 Å². The number of aromatic nitrogens is 2. The van der Waals surface area contributed by atoms with E-state index in [0.29, 0.717) is 5.82 Å². The number of hydrogen-bond donors (Lipinski definition) is 0. The van der Waals surface area contributed by atoms with Gasteiger partial charge in [-0.25, -0.2) is 9.97 Å². The highest BCUT2D eigenvalue weighted by Gasteiger charge is 2.04. The van der Waals surface area contributed by atoms with Gasteiger partial charge >= 0.3 is 0 Å². The molecule has 4 nitrogen and oxygen atoms in total. The molecule has 28 heavy (non-hydrogen) atoms. The molecule has 1 heterocycles. The average molecular weight is 385 g/mol. The zero-order valence-corrected chi connectivity index (χ0v) is 17.8. The van der Waals surface area contributed by atoms with E-state index in [1.807, 2.05) is 24.3 Å². The molecule has 0 N–H and O–H groups in total. The molecule has 1 atom stereocenters. The van der Waals surface area contributed by atoms with Gasteiger partial charge in [-0.15, -0.1) is 0 Å². The van der Waals surface area contributed by atoms with Gasteiger partial charge in [-0.2, -0.15) is 0 Å². The van der Waals surface area contributed by atoms with Crippen molar-refractivity contribution in [2.45, 2.75) is 72.1 Å². The van der Waals surface area contributed by atoms with E-state index in [1.165, 1.54) is 38.5 Å². The Kier molecular flexibility index (Phi) is 10.4. The Labute approximate surface area is 170 Å². The van der Waals surface area contributed by atoms with Gasteiger partial charge in [0.25, 0.3) is 0 Å². The fraction of sp³-hybridized carbons (Fsp3) is 0.583. The molecule has 0 bridgehead atoms. The summed E-state index contributed by atoms with van der Waals surface area (Å²) in [4.78, 5) is 8.84. The average Bonchev–Trinajstić information content (AvgIpc) is 2.74. The monoisotopic (exact) mass is 384 g/mol. The molecule has 4 heteroatoms. The van der Waals surface area contributed by atoms with Crippen LogP contribution in [-0.2, 0) is 0 Å². The van der Waals surface area contributed by atoms with E-state index >= 15 is 0 Å². The lowest BCUT2D eigenvalue weighted by Crippen LogP contribution is -1.99. The maximum absolute atomic E-state index is 5.85. The predicted octanol–water partition coefficient (Wildman–Crippen LogP) is 6.70. The minimum absolute atomic E-state index is 0.706. The summed E-state index contributed by atoms with van der Waals surface area (Å²) in [6, 6.07) is 8.00. The third-order valence-electron chi connectivity index (χ3n) is 5.06. The smallest absolute Gasteiger partial charge is 0.159 e. The van der Waals surface area contributed by atoms with Crippen molar-refractivity contribution < 1.29 is 9.47 Å². The normalized spacial score (nSPS) is 12.0. The first-order valence-corrected chi connectivity index (χ1v) is 10.9. The van der Waals surface area contributed by atoms with Crippen LogP contribution >= 0.6 is 0 Å². The lowest BCUT2D eigenvalue weighted by molar-refractivity contribution is 0.302. The highest BCUT2D eigenvalue weighted by Crippen LogP contribution is 2.21. The molecule has 0 saturated carbocycles. The number of benzene rings is 1. The summed E-state index contributed by atoms with van der Waals surface area (Å²) in [5.74, 6) is 3.18. The third-order valence-corrected chi connectivity index (χ3v) is 5.06. The van der Waals surface area contributed by atoms with Gasteiger partial charge in [0.05, 0.1) is 25.6 Å². The molecule has 0 spiro atoms. The van der Waals surface area contributed by atoms with Crippen LogP contribution < -0.4 is 9.47 Å². The molecular weight excluding hydrogens is 348 g/mol. The van der Waals surface area contributed by atoms with Gasteiger partial charge in [0, 0.05) is 5.56 Å². The Morgan fingerprint density at radius 1 is 0.786 bits per heavy atom. The molecule has 0 fully saturated rings. The number of hydrogen-bond acceptors (Lipinski definition) is 4. The Morgan fingerprint density at radius 3 is 2.07 bits per heavy atom. The van der Waals surface area contributed by atoms with Crippen LogP contribution in [0.1, 0.15) is 72.1 Å². The SMILES string of the molecule is CCCCCOc1cnc(-c2ccc(OCCCCCC(C)CC)cc2)nc1. The maximum atomic E-state index is 5.85. The van der Waals surface area contributed by atoms with Crippen LogP contribution in [0.25, 0.3) is 11.4 Å². The van der Waals surface area contributed by atoms with Crippen molar-refractivity contribution in [2.75, 3.05) is 13.2 Å². The van der Waals surface area contributed by atoms with Crippen LogP contribution in [0.2, 0.25) is 0 Å². The maximum Gasteiger partial charge on any atom is 0.159 e. The topological polar surface area (TPSA) is 44.2 Å². The van der Waals surface area contributed by atoms with Gasteiger partial charge in [0.1, 0.15) is 5.75 Å². The number of ether oxygens (including phenoxy) is 2. The van der Waals surface area contributed by atoms with Crippen LogP contribution in [0.5, 0.6) is 11.5 Å². The standard InChI is InChI=1S/C24H36N2O2/c1-4-6-9-16-28-23-18-25-24(26-19-23)21-12-14-22(15-13-21)27-17-10-7-8-11-20(3)5-2/h12-15,18-20H,4-11,16-17H2,1-3H3. The van der Waals surface area contributed by atoms with Gasteiger partial charge in [0.2, 0.25) is 0 Å². The molecule has 2 aromatic rings. The van der Waals surface area contributed by atoms with Crippen molar-refractivity contribution in [2.24, 2.45) is 5.92 Å². The van der Waals surface area contributed by atoms with Gasteiger partial charge in [0.15, 0.2) is 11.6 Å². The fourth-order valence-corrected chi connectivity index (χ4v) is 2.95. The number of nitrogens with zero attached hydrogens (tertiary/aromatic N) is 2. The molecule has 2 rings (SSSR count). The zero-order valence-electron chi connectivity index (χ0n) is 17.8. The second kappa shape index (κ2) is 13.1. The van der Waals surface area contributed by atoms with Crippen molar-refractivity contribution in [1.82, 2.24) is 9.97 Å². The van der Waals surface area contributed by atoms with Gasteiger partial charge in [-0.3, -0.25) is 0 Å². The summed E-state index contributed by atoms with van der Waals surface area (Å²) in [7, 11) is 0. The molecule has 1 aromatic heterocycles. The van der Waals surface area contributed by atoms with Gasteiger partial charge < -0.3 is 9.47 Å². The van der Waals surface area contributed by atoms with Crippen LogP contribution in [0.4, 0.5) is 0 Å². The Bertz CT molecular complexity index is 641. The molecule has 1 unspecified atom stereocenters. The van der Waals surface area contributed by atoms with E-state index < -0.39 is 0 Å². The second-order valence-electron chi connectivity index (χ2n) is 7.53. The summed E-state index contributed by atoms with van der Waals surface area (Å²) in [6.45, 7) is 8.28. The molecule has 1 aromatic carbocycles. The summed E-state index contributed by atoms with van der Waals surface area (Å²) < 4.78 is 11.5. The van der Waals surface area contributed by atoms with E-state index in [1.54, 1.807) is 12.4 Å². The minimum atomic E-state index is 0.706. The van der Waals surface area contributed by atoms with Crippen molar-refractivity contribution in [3.05, 3.63) is 36.7 Å². The lowest BCUT2D eigenvalue weighted by Gasteiger charge is -2.09. The predicted molar refractivity (Wildman–Crippen MR) is 116 cm³/mol. The quantitative estimate of drug-likeness (QED) is 0.340. The summed E-state index contributed by atoms with van der Waals surface area (Å²) >= 11 is 0. The first-order valence-electron chi connectivity index (χ1n) is 10.9. The summed E-state index contributed by atoms with van der Waals surface area (Å²) in [5.41, 5.74) is 0.985. The van der Waals surface area contributed by atoms with Crippen molar-refractivity contribution in [3.63, 3.8) is 0 Å². The highest BCUT2D eigenvalue weighted by molar-refractivity contribution is 5.56. The van der Waals surface area contributed by atoms with E-state index in [9.17, 15) is 0 Å². The van der Waals surface area contributed by atoms with Crippen molar-refractivity contribution >= 4 is 0 Å². The molecule has 0 aliphatic rings. The highest BCUT2D eigenvalue weighted by atomic mass is 16.5. The fourth-order valence-electron chi connectivity index (χ4n) is 2.95. The van der Waals surface area contributed by atoms with Crippen LogP contribution in [-0.4, -0.2) is 23.2 Å². The van der Waals surface area contributed by atoms with Crippen LogP contribution in [0, 0.1) is 5.92 Å². The lowest BCUT2D eigenvalue weighted by atomic mass is 10.0. The van der Waals surface area contributed by atoms with E-state index in [-0.39, 0.29) is 0 Å². The van der Waals surface area contributed by atoms with Crippen LogP contribution in [0.3, 0.4) is 0 Å². The second-order valence-corrected chi connectivity index (χ2v) is 7.53. The Balaban J connectivity index is 1.71. The minimum Gasteiger partial charge on any atom is -0.494 e. The van der Waals surface area contributed by atoms with E-state index in [2.05, 4.69) is 30.7 Å². The van der Waals surface area contributed by atoms with E-state index in [4.69, 9.17) is 9.47 Å². The molecule has 0 saturated heterocycles. The first kappa shape index (κ1) is 22.2. The number of rotatable bonds is 14. The Hall–Kier alpha value is -2.10. The molecule has 154 valence electrons. The Morgan fingerprint density at radius 2 is 1.43 bits per heavy atom. The molecule has 0 aliphatic carbocycles. The first-order chi connectivity index (χ1) is 13.7. The zero-order chi connectivity index (χ0) is 20.0. The summed E-state index contributed by atoms with van der Waals surface area (Å²) in [6.07, 6.45) is 13.2. The third kappa shape index (κ3) is 8.28. The molecule has 0 radical (unpaired) electrons. The largest absolute Gasteiger partial charge is 0.494 e. The van der Waals surface area contributed by atoms with Crippen LogP contribution in [0.15, 0.2) is 36.7 Å².